The largest absolute Gasteiger partial charge is 0.493 e. The van der Waals surface area contributed by atoms with Gasteiger partial charge in [-0.05, 0) is 54.8 Å². The summed E-state index contributed by atoms with van der Waals surface area (Å²) in [6.45, 7) is 2.32. The molecule has 6 aromatic rings. The predicted octanol–water partition coefficient (Wildman–Crippen LogP) is 7.79. The Kier molecular flexibility index (Phi) is 8.44. The number of ether oxygens (including phenoxy) is 3. The standard InChI is InChI=1S/C38H37N3O5/c1-40-33-25-44-22-8-7-21-41-36-29(17-10-18-31(36)35(33)32(39-40)24-46-27-14-3-2-4-15-27)30(37(41)38(42)43)19-11-23-45-34-20-9-13-26-12-5-6-16-28(26)34/h2-6,9-10,12-18,20H,7-8,11,19,21-25H2,1H3,(H,42,43). The third-order valence-electron chi connectivity index (χ3n) is 8.75. The summed E-state index contributed by atoms with van der Waals surface area (Å²) in [7, 11) is 1.93. The second-order valence-corrected chi connectivity index (χ2v) is 11.7. The molecular weight excluding hydrogens is 578 g/mol. The molecule has 0 amide bonds. The first-order chi connectivity index (χ1) is 22.6. The minimum atomic E-state index is -0.919. The number of fused-ring (bicyclic) bond motifs is 3. The molecule has 0 spiro atoms. The fourth-order valence-corrected chi connectivity index (χ4v) is 6.66. The van der Waals surface area contributed by atoms with Gasteiger partial charge in [0.15, 0.2) is 0 Å². The van der Waals surface area contributed by atoms with E-state index in [9.17, 15) is 9.90 Å². The highest BCUT2D eigenvalue weighted by Gasteiger charge is 2.28. The highest BCUT2D eigenvalue weighted by molar-refractivity contribution is 6.04. The Hall–Kier alpha value is -5.08. The molecule has 0 radical (unpaired) electrons. The number of hydrogen-bond donors (Lipinski definition) is 1. The van der Waals surface area contributed by atoms with Gasteiger partial charge in [0.25, 0.3) is 0 Å². The average molecular weight is 616 g/mol. The Morgan fingerprint density at radius 3 is 2.57 bits per heavy atom. The molecule has 8 heteroatoms. The number of rotatable bonds is 9. The molecule has 0 aliphatic carbocycles. The molecule has 0 fully saturated rings. The number of para-hydroxylation sites is 2. The molecule has 0 unspecified atom stereocenters. The summed E-state index contributed by atoms with van der Waals surface area (Å²) in [4.78, 5) is 13.0. The van der Waals surface area contributed by atoms with Gasteiger partial charge in [-0.1, -0.05) is 72.8 Å². The topological polar surface area (TPSA) is 87.7 Å². The Balaban J connectivity index is 1.28. The van der Waals surface area contributed by atoms with Crippen molar-refractivity contribution in [3.63, 3.8) is 0 Å². The fraction of sp³-hybridized carbons (Fsp3) is 0.263. The number of carboxylic acid groups (broad SMARTS) is 1. The van der Waals surface area contributed by atoms with Crippen molar-refractivity contribution in [3.05, 3.63) is 114 Å². The van der Waals surface area contributed by atoms with Gasteiger partial charge < -0.3 is 23.9 Å². The summed E-state index contributed by atoms with van der Waals surface area (Å²) in [6, 6.07) is 30.1. The molecule has 3 heterocycles. The summed E-state index contributed by atoms with van der Waals surface area (Å²) >= 11 is 0. The molecule has 0 bridgehead atoms. The average Bonchev–Trinajstić information content (AvgIpc) is 3.56. The maximum Gasteiger partial charge on any atom is 0.352 e. The Morgan fingerprint density at radius 1 is 0.913 bits per heavy atom. The highest BCUT2D eigenvalue weighted by atomic mass is 16.5. The third kappa shape index (κ3) is 5.72. The fourth-order valence-electron chi connectivity index (χ4n) is 6.66. The quantitative estimate of drug-likeness (QED) is 0.167. The van der Waals surface area contributed by atoms with Gasteiger partial charge >= 0.3 is 5.97 Å². The molecule has 8 nitrogen and oxygen atoms in total. The van der Waals surface area contributed by atoms with Crippen LogP contribution in [0.3, 0.4) is 0 Å². The van der Waals surface area contributed by atoms with Gasteiger partial charge in [0.1, 0.15) is 29.5 Å². The van der Waals surface area contributed by atoms with Gasteiger partial charge in [-0.2, -0.15) is 5.10 Å². The van der Waals surface area contributed by atoms with Crippen molar-refractivity contribution in [2.24, 2.45) is 7.05 Å². The summed E-state index contributed by atoms with van der Waals surface area (Å²) in [6.07, 6.45) is 2.88. The SMILES string of the molecule is Cn1nc(COc2ccccc2)c2c1COCCCCn1c(C(=O)O)c(CCCOc3cccc4ccccc34)c3cccc-2c31. The van der Waals surface area contributed by atoms with E-state index in [1.807, 2.05) is 77.0 Å². The van der Waals surface area contributed by atoms with Gasteiger partial charge in [-0.3, -0.25) is 4.68 Å². The summed E-state index contributed by atoms with van der Waals surface area (Å²) < 4.78 is 22.4. The second-order valence-electron chi connectivity index (χ2n) is 11.7. The van der Waals surface area contributed by atoms with Crippen LogP contribution in [-0.4, -0.2) is 38.6 Å². The zero-order valence-electron chi connectivity index (χ0n) is 25.9. The number of aromatic nitrogens is 3. The van der Waals surface area contributed by atoms with Crippen LogP contribution in [0.25, 0.3) is 32.8 Å². The van der Waals surface area contributed by atoms with Crippen LogP contribution in [0.5, 0.6) is 11.5 Å². The van der Waals surface area contributed by atoms with Gasteiger partial charge in [-0.15, -0.1) is 0 Å². The van der Waals surface area contributed by atoms with Crippen LogP contribution in [0.4, 0.5) is 0 Å². The lowest BCUT2D eigenvalue weighted by molar-refractivity contribution is 0.0683. The zero-order valence-corrected chi connectivity index (χ0v) is 25.9. The molecule has 1 aliphatic heterocycles. The van der Waals surface area contributed by atoms with Crippen molar-refractivity contribution < 1.29 is 24.1 Å². The first-order valence-electron chi connectivity index (χ1n) is 15.9. The van der Waals surface area contributed by atoms with Crippen LogP contribution in [0, 0.1) is 0 Å². The van der Waals surface area contributed by atoms with Crippen LogP contribution in [0.2, 0.25) is 0 Å². The molecule has 0 saturated heterocycles. The molecule has 7 rings (SSSR count). The van der Waals surface area contributed by atoms with Crippen molar-refractivity contribution in [1.82, 2.24) is 14.3 Å². The molecule has 0 saturated carbocycles. The zero-order chi connectivity index (χ0) is 31.5. The molecule has 2 aromatic heterocycles. The van der Waals surface area contributed by atoms with E-state index >= 15 is 0 Å². The minimum Gasteiger partial charge on any atom is -0.493 e. The maximum absolute atomic E-state index is 13.0. The van der Waals surface area contributed by atoms with Crippen molar-refractivity contribution >= 4 is 27.6 Å². The van der Waals surface area contributed by atoms with Gasteiger partial charge in [-0.25, -0.2) is 4.79 Å². The van der Waals surface area contributed by atoms with Gasteiger partial charge in [0.05, 0.1) is 24.4 Å². The number of carbonyl (C=O) groups is 1. The van der Waals surface area contributed by atoms with E-state index in [1.54, 1.807) is 0 Å². The molecule has 1 aliphatic rings. The number of benzene rings is 4. The molecule has 0 atom stereocenters. The van der Waals surface area contributed by atoms with E-state index in [0.29, 0.717) is 44.9 Å². The Labute approximate surface area is 267 Å². The molecule has 234 valence electrons. The molecule has 1 N–H and O–H groups in total. The maximum atomic E-state index is 13.0. The Bertz CT molecular complexity index is 2000. The van der Waals surface area contributed by atoms with E-state index in [2.05, 4.69) is 30.3 Å². The lowest BCUT2D eigenvalue weighted by atomic mass is 9.98. The molecule has 4 aromatic carbocycles. The lowest BCUT2D eigenvalue weighted by Crippen LogP contribution is -2.12. The minimum absolute atomic E-state index is 0.272. The van der Waals surface area contributed by atoms with Crippen LogP contribution >= 0.6 is 0 Å². The van der Waals surface area contributed by atoms with Crippen molar-refractivity contribution in [2.45, 2.75) is 45.4 Å². The van der Waals surface area contributed by atoms with Crippen LogP contribution in [0.15, 0.2) is 91.0 Å². The summed E-state index contributed by atoms with van der Waals surface area (Å²) in [5.74, 6) is 0.683. The summed E-state index contributed by atoms with van der Waals surface area (Å²) in [5, 5.41) is 18.7. The van der Waals surface area contributed by atoms with Crippen LogP contribution in [-0.2, 0) is 38.0 Å². The summed E-state index contributed by atoms with van der Waals surface area (Å²) in [5.41, 5.74) is 5.71. The van der Waals surface area contributed by atoms with E-state index in [0.717, 1.165) is 74.1 Å². The third-order valence-corrected chi connectivity index (χ3v) is 8.75. The van der Waals surface area contributed by atoms with Gasteiger partial charge in [0.2, 0.25) is 0 Å². The number of aryl methyl sites for hydroxylation is 3. The van der Waals surface area contributed by atoms with E-state index in [1.165, 1.54) is 0 Å². The number of hydrogen-bond acceptors (Lipinski definition) is 5. The van der Waals surface area contributed by atoms with Crippen molar-refractivity contribution in [3.8, 4) is 22.6 Å². The first kappa shape index (κ1) is 29.6. The Morgan fingerprint density at radius 2 is 1.70 bits per heavy atom. The predicted molar refractivity (Wildman–Crippen MR) is 179 cm³/mol. The van der Waals surface area contributed by atoms with Gasteiger partial charge in [0, 0.05) is 42.1 Å². The van der Waals surface area contributed by atoms with E-state index in [4.69, 9.17) is 19.3 Å². The number of carboxylic acids is 1. The lowest BCUT2D eigenvalue weighted by Gasteiger charge is -2.13. The molecular formula is C38H37N3O5. The number of aromatic carboxylic acids is 1. The monoisotopic (exact) mass is 615 g/mol. The smallest absolute Gasteiger partial charge is 0.352 e. The molecule has 46 heavy (non-hydrogen) atoms. The van der Waals surface area contributed by atoms with E-state index in [-0.39, 0.29) is 6.61 Å². The highest BCUT2D eigenvalue weighted by Crippen LogP contribution is 2.39. The second kappa shape index (κ2) is 13.1. The van der Waals surface area contributed by atoms with Crippen LogP contribution < -0.4 is 9.47 Å². The van der Waals surface area contributed by atoms with Crippen molar-refractivity contribution in [1.29, 1.82) is 0 Å². The first-order valence-corrected chi connectivity index (χ1v) is 15.9. The van der Waals surface area contributed by atoms with Crippen molar-refractivity contribution in [2.75, 3.05) is 13.2 Å². The normalized spacial score (nSPS) is 13.3. The van der Waals surface area contributed by atoms with Crippen LogP contribution in [0.1, 0.15) is 46.7 Å². The number of nitrogens with zero attached hydrogens (tertiary/aromatic N) is 3. The van der Waals surface area contributed by atoms with E-state index < -0.39 is 5.97 Å².